The fraction of sp³-hybridized carbons (Fsp3) is 0.500. The van der Waals surface area contributed by atoms with Gasteiger partial charge in [0.05, 0.1) is 0 Å². The van der Waals surface area contributed by atoms with Crippen molar-refractivity contribution in [1.29, 1.82) is 0 Å². The van der Waals surface area contributed by atoms with Gasteiger partial charge in [-0.15, -0.1) is 0 Å². The van der Waals surface area contributed by atoms with Gasteiger partial charge in [-0.05, 0) is 57.6 Å². The number of piperazine rings is 2. The zero-order valence-electron chi connectivity index (χ0n) is 20.3. The summed E-state index contributed by atoms with van der Waals surface area (Å²) in [5, 5.41) is 11.9. The molecule has 6 N–H and O–H groups in total. The lowest BCUT2D eigenvalue weighted by molar-refractivity contribution is 0.231. The highest BCUT2D eigenvalue weighted by atomic mass is 15.2. The summed E-state index contributed by atoms with van der Waals surface area (Å²) in [4.78, 5) is 5.05. The van der Waals surface area contributed by atoms with E-state index < -0.39 is 0 Å². The van der Waals surface area contributed by atoms with E-state index in [1.165, 1.54) is 32.7 Å². The molecule has 0 bridgehead atoms. The fourth-order valence-electron chi connectivity index (χ4n) is 5.60. The molecule has 182 valence electrons. The van der Waals surface area contributed by atoms with E-state index >= 15 is 0 Å². The molecule has 2 unspecified atom stereocenters. The predicted octanol–water partition coefficient (Wildman–Crippen LogP) is 2.58. The molecule has 2 aliphatic rings. The first-order chi connectivity index (χ1) is 16.7. The Labute approximate surface area is 203 Å². The SMILES string of the molecule is NC(CCN1CCNCC1)c1ccc2cc3ccccc3cc2c1C(N)CCN1CCNCC1. The van der Waals surface area contributed by atoms with Crippen LogP contribution >= 0.6 is 0 Å². The second-order valence-electron chi connectivity index (χ2n) is 9.96. The Bertz CT molecular complexity index is 1090. The average molecular weight is 461 g/mol. The summed E-state index contributed by atoms with van der Waals surface area (Å²) >= 11 is 0. The van der Waals surface area contributed by atoms with E-state index in [1.807, 2.05) is 0 Å². The molecule has 0 radical (unpaired) electrons. The Hall–Kier alpha value is -2.06. The third kappa shape index (κ3) is 5.43. The van der Waals surface area contributed by atoms with E-state index in [1.54, 1.807) is 0 Å². The highest BCUT2D eigenvalue weighted by Gasteiger charge is 2.22. The van der Waals surface area contributed by atoms with Gasteiger partial charge in [-0.3, -0.25) is 0 Å². The Balaban J connectivity index is 1.44. The molecule has 0 saturated carbocycles. The Kier molecular flexibility index (Phi) is 7.74. The maximum absolute atomic E-state index is 6.98. The zero-order valence-corrected chi connectivity index (χ0v) is 20.3. The second kappa shape index (κ2) is 11.1. The minimum absolute atomic E-state index is 0.00834. The van der Waals surface area contributed by atoms with Gasteiger partial charge in [0.25, 0.3) is 0 Å². The van der Waals surface area contributed by atoms with Crippen molar-refractivity contribution in [2.75, 3.05) is 65.4 Å². The first-order valence-corrected chi connectivity index (χ1v) is 13.0. The molecule has 2 fully saturated rings. The van der Waals surface area contributed by atoms with E-state index in [0.717, 1.165) is 78.3 Å². The van der Waals surface area contributed by atoms with Crippen LogP contribution in [0.25, 0.3) is 21.5 Å². The molecule has 2 heterocycles. The molecule has 2 saturated heterocycles. The molecule has 2 atom stereocenters. The van der Waals surface area contributed by atoms with Crippen LogP contribution in [0.4, 0.5) is 0 Å². The molecule has 0 aromatic heterocycles. The minimum Gasteiger partial charge on any atom is -0.324 e. The molecule has 3 aromatic rings. The third-order valence-corrected chi connectivity index (χ3v) is 7.66. The number of benzene rings is 3. The molecule has 34 heavy (non-hydrogen) atoms. The van der Waals surface area contributed by atoms with Crippen LogP contribution in [-0.2, 0) is 0 Å². The summed E-state index contributed by atoms with van der Waals surface area (Å²) < 4.78 is 0. The summed E-state index contributed by atoms with van der Waals surface area (Å²) in [5.41, 5.74) is 16.3. The number of nitrogens with two attached hydrogens (primary N) is 2. The van der Waals surface area contributed by atoms with Gasteiger partial charge in [0.1, 0.15) is 0 Å². The smallest absolute Gasteiger partial charge is 0.0316 e. The zero-order chi connectivity index (χ0) is 23.3. The lowest BCUT2D eigenvalue weighted by Gasteiger charge is -2.30. The standard InChI is InChI=1S/C28H40N6/c29-26(7-13-33-15-9-31-10-16-33)24-6-5-23-19-21-3-1-2-4-22(21)20-25(23)28(24)27(30)8-14-34-17-11-32-12-18-34/h1-6,19-20,26-27,31-32H,7-18,29-30H2. The molecule has 0 spiro atoms. The van der Waals surface area contributed by atoms with Crippen molar-refractivity contribution in [3.05, 3.63) is 59.7 Å². The first-order valence-electron chi connectivity index (χ1n) is 13.0. The maximum Gasteiger partial charge on any atom is 0.0316 e. The van der Waals surface area contributed by atoms with Crippen LogP contribution in [0.1, 0.15) is 36.1 Å². The normalized spacial score (nSPS) is 20.1. The fourth-order valence-corrected chi connectivity index (χ4v) is 5.60. The van der Waals surface area contributed by atoms with Crippen LogP contribution in [0.15, 0.2) is 48.5 Å². The quantitative estimate of drug-likeness (QED) is 0.387. The van der Waals surface area contributed by atoms with Gasteiger partial charge in [0, 0.05) is 77.5 Å². The molecule has 5 rings (SSSR count). The van der Waals surface area contributed by atoms with Crippen molar-refractivity contribution in [2.24, 2.45) is 11.5 Å². The molecule has 6 heteroatoms. The maximum atomic E-state index is 6.98. The summed E-state index contributed by atoms with van der Waals surface area (Å²) in [6.45, 7) is 10.8. The van der Waals surface area contributed by atoms with Crippen molar-refractivity contribution in [2.45, 2.75) is 24.9 Å². The van der Waals surface area contributed by atoms with E-state index in [0.29, 0.717) is 0 Å². The first kappa shape index (κ1) is 23.7. The molecule has 6 nitrogen and oxygen atoms in total. The van der Waals surface area contributed by atoms with E-state index in [9.17, 15) is 0 Å². The van der Waals surface area contributed by atoms with Gasteiger partial charge in [-0.2, -0.15) is 0 Å². The van der Waals surface area contributed by atoms with Crippen LogP contribution < -0.4 is 22.1 Å². The number of nitrogens with zero attached hydrogens (tertiary/aromatic N) is 2. The molecular weight excluding hydrogens is 420 g/mol. The van der Waals surface area contributed by atoms with Crippen LogP contribution in [0, 0.1) is 0 Å². The molecule has 3 aromatic carbocycles. The van der Waals surface area contributed by atoms with Gasteiger partial charge >= 0.3 is 0 Å². The van der Waals surface area contributed by atoms with Crippen molar-refractivity contribution in [3.8, 4) is 0 Å². The van der Waals surface area contributed by atoms with Crippen LogP contribution in [-0.4, -0.2) is 75.2 Å². The van der Waals surface area contributed by atoms with Gasteiger partial charge in [-0.1, -0.05) is 36.4 Å². The summed E-state index contributed by atoms with van der Waals surface area (Å²) in [6.07, 6.45) is 1.90. The number of fused-ring (bicyclic) bond motifs is 2. The van der Waals surface area contributed by atoms with Gasteiger partial charge in [0.2, 0.25) is 0 Å². The lowest BCUT2D eigenvalue weighted by Crippen LogP contribution is -2.44. The average Bonchev–Trinajstić information content (AvgIpc) is 2.89. The molecular formula is C28H40N6. The second-order valence-corrected chi connectivity index (χ2v) is 9.96. The number of hydrogen-bond donors (Lipinski definition) is 4. The van der Waals surface area contributed by atoms with Gasteiger partial charge in [-0.25, -0.2) is 0 Å². The monoisotopic (exact) mass is 460 g/mol. The van der Waals surface area contributed by atoms with E-state index in [4.69, 9.17) is 11.5 Å². The summed E-state index contributed by atoms with van der Waals surface area (Å²) in [6, 6.07) is 17.7. The van der Waals surface area contributed by atoms with Crippen LogP contribution in [0.5, 0.6) is 0 Å². The minimum atomic E-state index is -0.0278. The molecule has 0 aliphatic carbocycles. The Morgan fingerprint density at radius 1 is 0.676 bits per heavy atom. The highest BCUT2D eigenvalue weighted by molar-refractivity contribution is 6.00. The lowest BCUT2D eigenvalue weighted by atomic mass is 9.87. The Morgan fingerprint density at radius 3 is 1.85 bits per heavy atom. The highest BCUT2D eigenvalue weighted by Crippen LogP contribution is 2.35. The van der Waals surface area contributed by atoms with Crippen LogP contribution in [0.3, 0.4) is 0 Å². The van der Waals surface area contributed by atoms with Crippen molar-refractivity contribution < 1.29 is 0 Å². The van der Waals surface area contributed by atoms with Crippen molar-refractivity contribution in [1.82, 2.24) is 20.4 Å². The van der Waals surface area contributed by atoms with E-state index in [-0.39, 0.29) is 12.1 Å². The Morgan fingerprint density at radius 2 is 1.24 bits per heavy atom. The van der Waals surface area contributed by atoms with Crippen LogP contribution in [0.2, 0.25) is 0 Å². The topological polar surface area (TPSA) is 82.6 Å². The van der Waals surface area contributed by atoms with Crippen molar-refractivity contribution in [3.63, 3.8) is 0 Å². The number of rotatable bonds is 8. The van der Waals surface area contributed by atoms with Crippen molar-refractivity contribution >= 4 is 21.5 Å². The summed E-state index contributed by atoms with van der Waals surface area (Å²) in [7, 11) is 0. The van der Waals surface area contributed by atoms with Gasteiger partial charge < -0.3 is 31.9 Å². The number of hydrogen-bond acceptors (Lipinski definition) is 6. The third-order valence-electron chi connectivity index (χ3n) is 7.66. The van der Waals surface area contributed by atoms with Gasteiger partial charge in [0.15, 0.2) is 0 Å². The largest absolute Gasteiger partial charge is 0.324 e. The van der Waals surface area contributed by atoms with E-state index in [2.05, 4.69) is 69.0 Å². The summed E-state index contributed by atoms with van der Waals surface area (Å²) in [5.74, 6) is 0. The predicted molar refractivity (Wildman–Crippen MR) is 143 cm³/mol. The molecule has 0 amide bonds. The molecule has 2 aliphatic heterocycles. The number of nitrogens with one attached hydrogen (secondary N) is 2.